The number of benzene rings is 1. The van der Waals surface area contributed by atoms with E-state index in [2.05, 4.69) is 10.6 Å². The Kier molecular flexibility index (Phi) is 4.98. The standard InChI is InChI=1S/C15H22N2O3/c1-20-11-15(6-8-16-9-7-15)14(19)17-10-12-4-2-3-5-13(12)18/h2-5,16,18H,6-11H2,1H3,(H,17,19). The van der Waals surface area contributed by atoms with Crippen LogP contribution in [0.1, 0.15) is 18.4 Å². The Hall–Kier alpha value is -1.59. The van der Waals surface area contributed by atoms with Gasteiger partial charge in [-0.15, -0.1) is 0 Å². The van der Waals surface area contributed by atoms with Gasteiger partial charge in [-0.05, 0) is 32.0 Å². The topological polar surface area (TPSA) is 70.6 Å². The number of carbonyl (C=O) groups excluding carboxylic acids is 1. The van der Waals surface area contributed by atoms with E-state index in [0.29, 0.717) is 13.2 Å². The van der Waals surface area contributed by atoms with Gasteiger partial charge in [-0.1, -0.05) is 18.2 Å². The molecule has 3 N–H and O–H groups in total. The molecule has 1 fully saturated rings. The van der Waals surface area contributed by atoms with E-state index >= 15 is 0 Å². The van der Waals surface area contributed by atoms with Gasteiger partial charge in [0.2, 0.25) is 5.91 Å². The van der Waals surface area contributed by atoms with Gasteiger partial charge in [0, 0.05) is 19.2 Å². The summed E-state index contributed by atoms with van der Waals surface area (Å²) >= 11 is 0. The molecule has 5 heteroatoms. The van der Waals surface area contributed by atoms with E-state index in [1.54, 1.807) is 25.3 Å². The van der Waals surface area contributed by atoms with E-state index in [1.165, 1.54) is 0 Å². The molecule has 1 aliphatic rings. The molecule has 1 aromatic carbocycles. The van der Waals surface area contributed by atoms with Crippen molar-refractivity contribution in [3.8, 4) is 5.75 Å². The fourth-order valence-electron chi connectivity index (χ4n) is 2.64. The molecule has 0 atom stereocenters. The van der Waals surface area contributed by atoms with Crippen LogP contribution in [0, 0.1) is 5.41 Å². The lowest BCUT2D eigenvalue weighted by molar-refractivity contribution is -0.136. The summed E-state index contributed by atoms with van der Waals surface area (Å²) in [4.78, 5) is 12.5. The first kappa shape index (κ1) is 14.8. The second-order valence-electron chi connectivity index (χ2n) is 5.27. The Labute approximate surface area is 119 Å². The normalized spacial score (nSPS) is 17.6. The number of nitrogens with one attached hydrogen (secondary N) is 2. The van der Waals surface area contributed by atoms with Crippen molar-refractivity contribution in [2.24, 2.45) is 5.41 Å². The summed E-state index contributed by atoms with van der Waals surface area (Å²) < 4.78 is 5.24. The molecule has 5 nitrogen and oxygen atoms in total. The van der Waals surface area contributed by atoms with Crippen LogP contribution in [-0.4, -0.2) is 37.8 Å². The van der Waals surface area contributed by atoms with Crippen LogP contribution in [0.2, 0.25) is 0 Å². The van der Waals surface area contributed by atoms with Crippen LogP contribution in [0.3, 0.4) is 0 Å². The van der Waals surface area contributed by atoms with Gasteiger partial charge in [0.05, 0.1) is 12.0 Å². The predicted molar refractivity (Wildman–Crippen MR) is 76.4 cm³/mol. The molecular formula is C15H22N2O3. The Morgan fingerprint density at radius 1 is 1.40 bits per heavy atom. The van der Waals surface area contributed by atoms with Gasteiger partial charge in [-0.2, -0.15) is 0 Å². The zero-order valence-electron chi connectivity index (χ0n) is 11.8. The predicted octanol–water partition coefficient (Wildman–Crippen LogP) is 1.02. The van der Waals surface area contributed by atoms with E-state index in [9.17, 15) is 9.90 Å². The SMILES string of the molecule is COCC1(C(=O)NCc2ccccc2O)CCNCC1. The van der Waals surface area contributed by atoms with E-state index in [4.69, 9.17) is 4.74 Å². The quantitative estimate of drug-likeness (QED) is 0.752. The summed E-state index contributed by atoms with van der Waals surface area (Å²) in [5.74, 6) is 0.211. The van der Waals surface area contributed by atoms with Crippen molar-refractivity contribution >= 4 is 5.91 Å². The number of aromatic hydroxyl groups is 1. The van der Waals surface area contributed by atoms with E-state index in [-0.39, 0.29) is 11.7 Å². The summed E-state index contributed by atoms with van der Waals surface area (Å²) in [6.45, 7) is 2.42. The maximum Gasteiger partial charge on any atom is 0.228 e. The maximum atomic E-state index is 12.5. The van der Waals surface area contributed by atoms with Gasteiger partial charge in [0.15, 0.2) is 0 Å². The van der Waals surface area contributed by atoms with Gasteiger partial charge in [0.1, 0.15) is 5.75 Å². The highest BCUT2D eigenvalue weighted by atomic mass is 16.5. The fraction of sp³-hybridized carbons (Fsp3) is 0.533. The largest absolute Gasteiger partial charge is 0.508 e. The molecule has 0 saturated carbocycles. The minimum atomic E-state index is -0.454. The van der Waals surface area contributed by atoms with Crippen molar-refractivity contribution in [1.29, 1.82) is 0 Å². The highest BCUT2D eigenvalue weighted by Gasteiger charge is 2.39. The minimum Gasteiger partial charge on any atom is -0.508 e. The second-order valence-corrected chi connectivity index (χ2v) is 5.27. The third-order valence-corrected chi connectivity index (χ3v) is 3.89. The number of methoxy groups -OCH3 is 1. The summed E-state index contributed by atoms with van der Waals surface area (Å²) in [6, 6.07) is 7.04. The molecule has 0 bridgehead atoms. The van der Waals surface area contributed by atoms with Crippen molar-refractivity contribution in [3.05, 3.63) is 29.8 Å². The van der Waals surface area contributed by atoms with Crippen molar-refractivity contribution in [2.45, 2.75) is 19.4 Å². The Balaban J connectivity index is 2.00. The average Bonchev–Trinajstić information content (AvgIpc) is 2.47. The summed E-state index contributed by atoms with van der Waals surface area (Å²) in [5.41, 5.74) is 0.270. The molecule has 0 aliphatic carbocycles. The van der Waals surface area contributed by atoms with Gasteiger partial charge in [0.25, 0.3) is 0 Å². The van der Waals surface area contributed by atoms with Crippen molar-refractivity contribution < 1.29 is 14.6 Å². The number of rotatable bonds is 5. The number of para-hydroxylation sites is 1. The number of ether oxygens (including phenoxy) is 1. The van der Waals surface area contributed by atoms with E-state index < -0.39 is 5.41 Å². The van der Waals surface area contributed by atoms with Crippen molar-refractivity contribution in [1.82, 2.24) is 10.6 Å². The van der Waals surface area contributed by atoms with Crippen LogP contribution in [0.4, 0.5) is 0 Å². The highest BCUT2D eigenvalue weighted by Crippen LogP contribution is 2.29. The van der Waals surface area contributed by atoms with Crippen LogP contribution in [-0.2, 0) is 16.1 Å². The third kappa shape index (κ3) is 3.29. The Morgan fingerprint density at radius 2 is 2.10 bits per heavy atom. The Bertz CT molecular complexity index is 451. The lowest BCUT2D eigenvalue weighted by Gasteiger charge is -2.35. The first-order valence-electron chi connectivity index (χ1n) is 6.93. The molecule has 2 rings (SSSR count). The first-order chi connectivity index (χ1) is 9.68. The molecule has 0 aromatic heterocycles. The van der Waals surface area contributed by atoms with Gasteiger partial charge < -0.3 is 20.5 Å². The molecule has 1 aliphatic heterocycles. The van der Waals surface area contributed by atoms with E-state index in [1.807, 2.05) is 6.07 Å². The number of amides is 1. The number of hydrogen-bond acceptors (Lipinski definition) is 4. The van der Waals surface area contributed by atoms with Gasteiger partial charge >= 0.3 is 0 Å². The average molecular weight is 278 g/mol. The molecule has 0 radical (unpaired) electrons. The molecule has 0 unspecified atom stereocenters. The molecule has 1 heterocycles. The summed E-state index contributed by atoms with van der Waals surface area (Å²) in [7, 11) is 1.63. The molecule has 1 aromatic rings. The summed E-state index contributed by atoms with van der Waals surface area (Å²) in [6.07, 6.45) is 1.54. The number of piperidine rings is 1. The minimum absolute atomic E-state index is 0.00380. The number of phenols is 1. The zero-order chi connectivity index (χ0) is 14.4. The molecule has 0 spiro atoms. The van der Waals surface area contributed by atoms with Crippen molar-refractivity contribution in [2.75, 3.05) is 26.8 Å². The second kappa shape index (κ2) is 6.72. The maximum absolute atomic E-state index is 12.5. The number of hydrogen-bond donors (Lipinski definition) is 3. The summed E-state index contributed by atoms with van der Waals surface area (Å²) in [5, 5.41) is 15.9. The smallest absolute Gasteiger partial charge is 0.228 e. The lowest BCUT2D eigenvalue weighted by Crippen LogP contribution is -2.49. The monoisotopic (exact) mass is 278 g/mol. The van der Waals surface area contributed by atoms with Gasteiger partial charge in [-0.25, -0.2) is 0 Å². The van der Waals surface area contributed by atoms with Crippen LogP contribution < -0.4 is 10.6 Å². The molecule has 1 saturated heterocycles. The molecular weight excluding hydrogens is 256 g/mol. The van der Waals surface area contributed by atoms with Crippen LogP contribution in [0.5, 0.6) is 5.75 Å². The molecule has 110 valence electrons. The van der Waals surface area contributed by atoms with Crippen LogP contribution in [0.15, 0.2) is 24.3 Å². The first-order valence-corrected chi connectivity index (χ1v) is 6.93. The van der Waals surface area contributed by atoms with Crippen LogP contribution >= 0.6 is 0 Å². The fourth-order valence-corrected chi connectivity index (χ4v) is 2.64. The third-order valence-electron chi connectivity index (χ3n) is 3.89. The lowest BCUT2D eigenvalue weighted by atomic mass is 9.78. The van der Waals surface area contributed by atoms with Gasteiger partial charge in [-0.3, -0.25) is 4.79 Å². The zero-order valence-corrected chi connectivity index (χ0v) is 11.8. The van der Waals surface area contributed by atoms with Crippen LogP contribution in [0.25, 0.3) is 0 Å². The highest BCUT2D eigenvalue weighted by molar-refractivity contribution is 5.83. The molecule has 20 heavy (non-hydrogen) atoms. The van der Waals surface area contributed by atoms with Crippen molar-refractivity contribution in [3.63, 3.8) is 0 Å². The molecule has 1 amide bonds. The van der Waals surface area contributed by atoms with E-state index in [0.717, 1.165) is 31.5 Å². The number of phenolic OH excluding ortho intramolecular Hbond substituents is 1. The number of carbonyl (C=O) groups is 1. The Morgan fingerprint density at radius 3 is 2.75 bits per heavy atom.